The average molecular weight is 356 g/mol. The van der Waals surface area contributed by atoms with Gasteiger partial charge in [-0.2, -0.15) is 0 Å². The van der Waals surface area contributed by atoms with E-state index in [1.807, 2.05) is 18.2 Å². The molecule has 3 amide bonds. The fourth-order valence-electron chi connectivity index (χ4n) is 3.29. The number of hydrogen-bond donors (Lipinski definition) is 1. The molecule has 3 atom stereocenters. The van der Waals surface area contributed by atoms with Gasteiger partial charge in [0.2, 0.25) is 11.8 Å². The molecule has 7 heteroatoms. The topological polar surface area (TPSA) is 92.8 Å². The first-order chi connectivity index (χ1) is 12.5. The minimum atomic E-state index is -1.05. The molecule has 1 fully saturated rings. The number of nitrogens with zero attached hydrogens (tertiary/aromatic N) is 1. The van der Waals surface area contributed by atoms with Crippen LogP contribution >= 0.6 is 0 Å². The monoisotopic (exact) mass is 356 g/mol. The lowest BCUT2D eigenvalue weighted by Crippen LogP contribution is -2.45. The van der Waals surface area contributed by atoms with E-state index >= 15 is 0 Å². The number of anilines is 1. The van der Waals surface area contributed by atoms with Gasteiger partial charge in [-0.15, -0.1) is 0 Å². The van der Waals surface area contributed by atoms with Crippen LogP contribution in [0.25, 0.3) is 0 Å². The van der Waals surface area contributed by atoms with E-state index in [1.54, 1.807) is 24.3 Å². The zero-order valence-corrected chi connectivity index (χ0v) is 14.4. The van der Waals surface area contributed by atoms with E-state index in [0.29, 0.717) is 18.5 Å². The zero-order chi connectivity index (χ0) is 18.7. The fourth-order valence-corrected chi connectivity index (χ4v) is 3.29. The standard InChI is InChI=1S/C19H20N2O5/c1-12(21-17(23)14-9-5-6-10-15(14)18(21)24)19(25)26-11-16(22)20-13-7-3-2-4-8-13/h2-8,12,14-15H,9-11H2,1H3,(H,20,22)/t12-,14-,15+/m0/s1. The number of benzene rings is 1. The smallest absolute Gasteiger partial charge is 0.329 e. The number of hydrogen-bond acceptors (Lipinski definition) is 5. The average Bonchev–Trinajstić information content (AvgIpc) is 2.91. The highest BCUT2D eigenvalue weighted by atomic mass is 16.5. The molecule has 26 heavy (non-hydrogen) atoms. The summed E-state index contributed by atoms with van der Waals surface area (Å²) in [4.78, 5) is 50.0. The van der Waals surface area contributed by atoms with Crippen LogP contribution in [-0.2, 0) is 23.9 Å². The Morgan fingerprint density at radius 1 is 1.12 bits per heavy atom. The maximum Gasteiger partial charge on any atom is 0.329 e. The number of carbonyl (C=O) groups excluding carboxylic acids is 4. The third-order valence-electron chi connectivity index (χ3n) is 4.67. The molecule has 0 unspecified atom stereocenters. The Morgan fingerprint density at radius 2 is 1.69 bits per heavy atom. The minimum Gasteiger partial charge on any atom is -0.454 e. The minimum absolute atomic E-state index is 0.345. The van der Waals surface area contributed by atoms with E-state index in [9.17, 15) is 19.2 Å². The second-order valence-electron chi connectivity index (χ2n) is 6.40. The largest absolute Gasteiger partial charge is 0.454 e. The van der Waals surface area contributed by atoms with E-state index < -0.39 is 36.4 Å². The number of rotatable bonds is 5. The lowest BCUT2D eigenvalue weighted by Gasteiger charge is -2.21. The van der Waals surface area contributed by atoms with Crippen molar-refractivity contribution in [2.45, 2.75) is 25.8 Å². The van der Waals surface area contributed by atoms with Crippen molar-refractivity contribution in [1.29, 1.82) is 0 Å². The summed E-state index contributed by atoms with van der Waals surface area (Å²) in [6.07, 6.45) is 4.78. The van der Waals surface area contributed by atoms with Gasteiger partial charge in [0.05, 0.1) is 11.8 Å². The van der Waals surface area contributed by atoms with Crippen LogP contribution in [0.5, 0.6) is 0 Å². The van der Waals surface area contributed by atoms with Crippen molar-refractivity contribution in [2.24, 2.45) is 11.8 Å². The summed E-state index contributed by atoms with van der Waals surface area (Å²) in [5, 5.41) is 2.59. The summed E-state index contributed by atoms with van der Waals surface area (Å²) in [6.45, 7) is 0.959. The van der Waals surface area contributed by atoms with Crippen LogP contribution in [0.2, 0.25) is 0 Å². The molecule has 0 bridgehead atoms. The first kappa shape index (κ1) is 17.8. The van der Waals surface area contributed by atoms with Crippen LogP contribution in [0.3, 0.4) is 0 Å². The predicted molar refractivity (Wildman–Crippen MR) is 92.7 cm³/mol. The quantitative estimate of drug-likeness (QED) is 0.490. The summed E-state index contributed by atoms with van der Waals surface area (Å²) >= 11 is 0. The van der Waals surface area contributed by atoms with Crippen molar-refractivity contribution in [3.05, 3.63) is 42.5 Å². The van der Waals surface area contributed by atoms with Gasteiger partial charge in [-0.1, -0.05) is 30.4 Å². The van der Waals surface area contributed by atoms with Gasteiger partial charge < -0.3 is 10.1 Å². The molecule has 136 valence electrons. The first-order valence-corrected chi connectivity index (χ1v) is 8.52. The van der Waals surface area contributed by atoms with Crippen molar-refractivity contribution >= 4 is 29.4 Å². The Balaban J connectivity index is 1.55. The molecule has 1 aliphatic carbocycles. The van der Waals surface area contributed by atoms with E-state index in [2.05, 4.69) is 5.32 Å². The SMILES string of the molecule is C[C@@H](C(=O)OCC(=O)Nc1ccccc1)N1C(=O)[C@H]2CC=CC[C@H]2C1=O. The lowest BCUT2D eigenvalue weighted by atomic mass is 9.85. The second kappa shape index (κ2) is 7.51. The Bertz CT molecular complexity index is 732. The maximum absolute atomic E-state index is 12.5. The second-order valence-corrected chi connectivity index (χ2v) is 6.40. The third-order valence-corrected chi connectivity index (χ3v) is 4.67. The van der Waals surface area contributed by atoms with Gasteiger partial charge in [0.15, 0.2) is 6.61 Å². The zero-order valence-electron chi connectivity index (χ0n) is 14.4. The summed E-state index contributed by atoms with van der Waals surface area (Å²) < 4.78 is 4.99. The molecule has 1 aromatic rings. The van der Waals surface area contributed by atoms with Gasteiger partial charge in [-0.05, 0) is 31.9 Å². The number of allylic oxidation sites excluding steroid dienone is 2. The highest BCUT2D eigenvalue weighted by molar-refractivity contribution is 6.08. The molecule has 0 aromatic heterocycles. The molecular weight excluding hydrogens is 336 g/mol. The molecule has 3 rings (SSSR count). The van der Waals surface area contributed by atoms with Gasteiger partial charge in [0.1, 0.15) is 6.04 Å². The molecule has 0 radical (unpaired) electrons. The highest BCUT2D eigenvalue weighted by Crippen LogP contribution is 2.36. The Labute approximate surface area is 151 Å². The molecule has 0 spiro atoms. The number of esters is 1. The molecule has 1 aliphatic heterocycles. The number of carbonyl (C=O) groups is 4. The number of imide groups is 1. The predicted octanol–water partition coefficient (Wildman–Crippen LogP) is 1.51. The summed E-state index contributed by atoms with van der Waals surface area (Å²) in [6, 6.07) is 7.71. The van der Waals surface area contributed by atoms with Crippen LogP contribution in [-0.4, -0.2) is 41.2 Å². The summed E-state index contributed by atoms with van der Waals surface area (Å²) in [5.74, 6) is -2.76. The maximum atomic E-state index is 12.5. The molecule has 0 saturated carbocycles. The Morgan fingerprint density at radius 3 is 2.27 bits per heavy atom. The van der Waals surface area contributed by atoms with E-state index in [-0.39, 0.29) is 11.8 Å². The molecule has 1 heterocycles. The fraction of sp³-hybridized carbons (Fsp3) is 0.368. The van der Waals surface area contributed by atoms with Crippen LogP contribution in [0.15, 0.2) is 42.5 Å². The number of amides is 3. The van der Waals surface area contributed by atoms with Crippen molar-refractivity contribution in [3.8, 4) is 0 Å². The number of nitrogens with one attached hydrogen (secondary N) is 1. The number of fused-ring (bicyclic) bond motifs is 1. The normalized spacial score (nSPS) is 22.7. The summed E-state index contributed by atoms with van der Waals surface area (Å²) in [5.41, 5.74) is 0.586. The van der Waals surface area contributed by atoms with Crippen LogP contribution in [0.1, 0.15) is 19.8 Å². The van der Waals surface area contributed by atoms with Crippen molar-refractivity contribution in [1.82, 2.24) is 4.90 Å². The molecular formula is C19H20N2O5. The molecule has 1 N–H and O–H groups in total. The van der Waals surface area contributed by atoms with Crippen molar-refractivity contribution < 1.29 is 23.9 Å². The van der Waals surface area contributed by atoms with Crippen molar-refractivity contribution in [2.75, 3.05) is 11.9 Å². The lowest BCUT2D eigenvalue weighted by molar-refractivity contribution is -0.159. The van der Waals surface area contributed by atoms with E-state index in [4.69, 9.17) is 4.74 Å². The van der Waals surface area contributed by atoms with Gasteiger partial charge in [0.25, 0.3) is 5.91 Å². The van der Waals surface area contributed by atoms with Crippen LogP contribution in [0.4, 0.5) is 5.69 Å². The Hall–Kier alpha value is -2.96. The molecule has 1 aromatic carbocycles. The van der Waals surface area contributed by atoms with Gasteiger partial charge >= 0.3 is 5.97 Å². The Kier molecular flexibility index (Phi) is 5.16. The first-order valence-electron chi connectivity index (χ1n) is 8.52. The van der Waals surface area contributed by atoms with Crippen molar-refractivity contribution in [3.63, 3.8) is 0 Å². The van der Waals surface area contributed by atoms with Gasteiger partial charge in [-0.3, -0.25) is 19.3 Å². The summed E-state index contributed by atoms with van der Waals surface area (Å²) in [7, 11) is 0. The van der Waals surface area contributed by atoms with Crippen LogP contribution in [0, 0.1) is 11.8 Å². The van der Waals surface area contributed by atoms with Crippen LogP contribution < -0.4 is 5.32 Å². The number of ether oxygens (including phenoxy) is 1. The molecule has 2 aliphatic rings. The third kappa shape index (κ3) is 3.51. The van der Waals surface area contributed by atoms with Gasteiger partial charge in [0, 0.05) is 5.69 Å². The molecule has 1 saturated heterocycles. The number of para-hydroxylation sites is 1. The highest BCUT2D eigenvalue weighted by Gasteiger charge is 2.50. The number of likely N-dealkylation sites (tertiary alicyclic amines) is 1. The van der Waals surface area contributed by atoms with E-state index in [1.165, 1.54) is 6.92 Å². The van der Waals surface area contributed by atoms with Gasteiger partial charge in [-0.25, -0.2) is 4.79 Å². The molecule has 7 nitrogen and oxygen atoms in total. The van der Waals surface area contributed by atoms with E-state index in [0.717, 1.165) is 4.90 Å².